The second kappa shape index (κ2) is 24.8. The van der Waals surface area contributed by atoms with Gasteiger partial charge in [-0.2, -0.15) is 0 Å². The highest BCUT2D eigenvalue weighted by Gasteiger charge is 1.99. The highest BCUT2D eigenvalue weighted by Crippen LogP contribution is 1.86. The van der Waals surface area contributed by atoms with Gasteiger partial charge in [0.25, 0.3) is 0 Å². The van der Waals surface area contributed by atoms with E-state index < -0.39 is 5.97 Å². The van der Waals surface area contributed by atoms with E-state index in [2.05, 4.69) is 11.3 Å². The fraction of sp³-hybridized carbons (Fsp3) is 0.842. The second-order valence-electron chi connectivity index (χ2n) is 5.34. The van der Waals surface area contributed by atoms with Crippen LogP contribution in [-0.2, 0) is 47.4 Å². The van der Waals surface area contributed by atoms with E-state index in [4.69, 9.17) is 37.9 Å². The average Bonchev–Trinajstić information content (AvgIpc) is 2.74. The Kier molecular flexibility index (Phi) is 23.7. The van der Waals surface area contributed by atoms with Gasteiger partial charge in [-0.1, -0.05) is 6.58 Å². The van der Waals surface area contributed by atoms with Crippen molar-refractivity contribution in [3.63, 3.8) is 0 Å². The summed E-state index contributed by atoms with van der Waals surface area (Å²) in [6.07, 6.45) is 1.39. The van der Waals surface area contributed by atoms with Crippen LogP contribution in [0, 0.1) is 0 Å². The lowest BCUT2D eigenvalue weighted by Gasteiger charge is -2.08. The molecular weight excluding hydrogens is 388 g/mol. The first-order valence-electron chi connectivity index (χ1n) is 9.64. The summed E-state index contributed by atoms with van der Waals surface area (Å²) in [5.41, 5.74) is 0. The molecule has 0 fully saturated rings. The molecule has 0 aromatic carbocycles. The molecule has 0 aliphatic rings. The van der Waals surface area contributed by atoms with Crippen LogP contribution in [0.2, 0.25) is 0 Å². The first kappa shape index (κ1) is 27.7. The maximum absolute atomic E-state index is 10.8. The Bertz CT molecular complexity index is 354. The molecule has 0 aromatic rings. The lowest BCUT2D eigenvalue weighted by atomic mass is 10.6. The van der Waals surface area contributed by atoms with Gasteiger partial charge in [0.15, 0.2) is 0 Å². The number of esters is 1. The smallest absolute Gasteiger partial charge is 0.331 e. The number of ether oxygens (including phenoxy) is 9. The number of rotatable bonds is 24. The summed E-state index contributed by atoms with van der Waals surface area (Å²) in [6, 6.07) is 0. The van der Waals surface area contributed by atoms with E-state index >= 15 is 0 Å². The molecule has 0 saturated heterocycles. The van der Waals surface area contributed by atoms with Gasteiger partial charge in [0.1, 0.15) is 13.2 Å². The third-order valence-corrected chi connectivity index (χ3v) is 3.14. The molecule has 0 unspecified atom stereocenters. The van der Waals surface area contributed by atoms with Gasteiger partial charge in [-0.15, -0.1) is 0 Å². The maximum atomic E-state index is 10.8. The topological polar surface area (TPSA) is 100 Å². The van der Waals surface area contributed by atoms with E-state index in [9.17, 15) is 4.79 Å². The molecule has 0 spiro atoms. The van der Waals surface area contributed by atoms with Crippen LogP contribution >= 0.6 is 0 Å². The zero-order valence-corrected chi connectivity index (χ0v) is 17.5. The Morgan fingerprint density at radius 1 is 0.586 bits per heavy atom. The normalized spacial score (nSPS) is 10.8. The molecule has 0 N–H and O–H groups in total. The van der Waals surface area contributed by atoms with Gasteiger partial charge in [-0.3, -0.25) is 0 Å². The van der Waals surface area contributed by atoms with Crippen LogP contribution in [0.15, 0.2) is 12.8 Å². The second-order valence-corrected chi connectivity index (χ2v) is 5.34. The van der Waals surface area contributed by atoms with Crippen LogP contribution in [0.3, 0.4) is 0 Å². The SMILES string of the molecule is C=COCCOCCOCCOCCOCCOCCOCCOCC(=O)OC. The third-order valence-electron chi connectivity index (χ3n) is 3.14. The van der Waals surface area contributed by atoms with E-state index in [0.717, 1.165) is 0 Å². The molecule has 0 aliphatic carbocycles. The van der Waals surface area contributed by atoms with Crippen molar-refractivity contribution in [2.24, 2.45) is 0 Å². The van der Waals surface area contributed by atoms with Crippen molar-refractivity contribution in [3.05, 3.63) is 12.8 Å². The molecule has 29 heavy (non-hydrogen) atoms. The predicted octanol–water partition coefficient (Wildman–Crippen LogP) is 0.436. The van der Waals surface area contributed by atoms with Gasteiger partial charge in [-0.25, -0.2) is 4.79 Å². The molecular formula is C19H36O10. The van der Waals surface area contributed by atoms with E-state index in [1.54, 1.807) is 0 Å². The van der Waals surface area contributed by atoms with Crippen LogP contribution in [0.4, 0.5) is 0 Å². The Balaban J connectivity index is 3.01. The van der Waals surface area contributed by atoms with Gasteiger partial charge >= 0.3 is 5.97 Å². The molecule has 0 aliphatic heterocycles. The first-order chi connectivity index (χ1) is 14.3. The summed E-state index contributed by atoms with van der Waals surface area (Å²) in [7, 11) is 1.31. The fourth-order valence-corrected chi connectivity index (χ4v) is 1.72. The van der Waals surface area contributed by atoms with Crippen molar-refractivity contribution in [1.82, 2.24) is 0 Å². The lowest BCUT2D eigenvalue weighted by molar-refractivity contribution is -0.146. The number of carbonyl (C=O) groups is 1. The van der Waals surface area contributed by atoms with Crippen molar-refractivity contribution < 1.29 is 47.4 Å². The van der Waals surface area contributed by atoms with Crippen molar-refractivity contribution in [3.8, 4) is 0 Å². The Morgan fingerprint density at radius 2 is 0.897 bits per heavy atom. The van der Waals surface area contributed by atoms with Crippen molar-refractivity contribution in [1.29, 1.82) is 0 Å². The molecule has 172 valence electrons. The van der Waals surface area contributed by atoms with Gasteiger partial charge in [0, 0.05) is 0 Å². The third kappa shape index (κ3) is 24.7. The van der Waals surface area contributed by atoms with Crippen LogP contribution in [0.1, 0.15) is 0 Å². The van der Waals surface area contributed by atoms with Crippen LogP contribution in [0.5, 0.6) is 0 Å². The molecule has 0 bridgehead atoms. The quantitative estimate of drug-likeness (QED) is 0.123. The van der Waals surface area contributed by atoms with Crippen molar-refractivity contribution in [2.75, 3.05) is 106 Å². The Morgan fingerprint density at radius 3 is 1.21 bits per heavy atom. The lowest BCUT2D eigenvalue weighted by Crippen LogP contribution is -2.16. The standard InChI is InChI=1S/C19H36O10/c1-3-22-4-5-23-6-7-24-8-9-25-10-11-26-12-13-27-14-15-28-16-17-29-18-19(20)21-2/h3H,1,4-18H2,2H3. The number of carbonyl (C=O) groups excluding carboxylic acids is 1. The monoisotopic (exact) mass is 424 g/mol. The highest BCUT2D eigenvalue weighted by molar-refractivity contribution is 5.70. The first-order valence-corrected chi connectivity index (χ1v) is 9.64. The summed E-state index contributed by atoms with van der Waals surface area (Å²) < 4.78 is 46.4. The molecule has 0 saturated carbocycles. The number of hydrogen-bond acceptors (Lipinski definition) is 10. The molecule has 0 rings (SSSR count). The molecule has 10 nitrogen and oxygen atoms in total. The number of methoxy groups -OCH3 is 1. The summed E-state index contributed by atoms with van der Waals surface area (Å²) in [4.78, 5) is 10.8. The van der Waals surface area contributed by atoms with E-state index in [1.165, 1.54) is 13.4 Å². The zero-order valence-electron chi connectivity index (χ0n) is 17.5. The molecule has 0 aromatic heterocycles. The zero-order chi connectivity index (χ0) is 21.3. The van der Waals surface area contributed by atoms with Crippen LogP contribution in [0.25, 0.3) is 0 Å². The average molecular weight is 424 g/mol. The molecule has 0 atom stereocenters. The Labute approximate surface area is 173 Å². The summed E-state index contributed by atoms with van der Waals surface area (Å²) in [6.45, 7) is 10.1. The van der Waals surface area contributed by atoms with Crippen LogP contribution in [-0.4, -0.2) is 112 Å². The molecule has 10 heteroatoms. The Hall–Kier alpha value is -1.27. The maximum Gasteiger partial charge on any atom is 0.331 e. The van der Waals surface area contributed by atoms with Gasteiger partial charge in [-0.05, 0) is 0 Å². The minimum absolute atomic E-state index is 0.0632. The molecule has 0 amide bonds. The number of hydrogen-bond donors (Lipinski definition) is 0. The molecule has 0 heterocycles. The minimum Gasteiger partial charge on any atom is -0.499 e. The van der Waals surface area contributed by atoms with E-state index in [1.807, 2.05) is 0 Å². The van der Waals surface area contributed by atoms with Gasteiger partial charge < -0.3 is 42.6 Å². The molecule has 0 radical (unpaired) electrons. The summed E-state index contributed by atoms with van der Waals surface area (Å²) in [5.74, 6) is -0.403. The van der Waals surface area contributed by atoms with Crippen molar-refractivity contribution in [2.45, 2.75) is 0 Å². The fourth-order valence-electron chi connectivity index (χ4n) is 1.72. The summed E-state index contributed by atoms with van der Waals surface area (Å²) in [5, 5.41) is 0. The summed E-state index contributed by atoms with van der Waals surface area (Å²) >= 11 is 0. The largest absolute Gasteiger partial charge is 0.499 e. The predicted molar refractivity (Wildman–Crippen MR) is 104 cm³/mol. The highest BCUT2D eigenvalue weighted by atomic mass is 16.6. The minimum atomic E-state index is -0.403. The van der Waals surface area contributed by atoms with E-state index in [-0.39, 0.29) is 6.61 Å². The van der Waals surface area contributed by atoms with Crippen molar-refractivity contribution >= 4 is 5.97 Å². The van der Waals surface area contributed by atoms with E-state index in [0.29, 0.717) is 92.5 Å². The van der Waals surface area contributed by atoms with Gasteiger partial charge in [0.05, 0.1) is 99.3 Å². The van der Waals surface area contributed by atoms with Gasteiger partial charge in [0.2, 0.25) is 0 Å². The van der Waals surface area contributed by atoms with Crippen LogP contribution < -0.4 is 0 Å².